The molecule has 2 rings (SSSR count). The second-order valence-corrected chi connectivity index (χ2v) is 6.38. The summed E-state index contributed by atoms with van der Waals surface area (Å²) in [6.45, 7) is 0. The van der Waals surface area contributed by atoms with E-state index in [2.05, 4.69) is 4.36 Å². The highest BCUT2D eigenvalue weighted by atomic mass is 35.5. The summed E-state index contributed by atoms with van der Waals surface area (Å²) >= 11 is 5.95. The first-order valence-electron chi connectivity index (χ1n) is 4.67. The molecule has 4 heteroatoms. The van der Waals surface area contributed by atoms with Crippen LogP contribution < -0.4 is 0 Å². The molecule has 1 aliphatic heterocycles. The van der Waals surface area contributed by atoms with Crippen molar-refractivity contribution in [1.29, 1.82) is 0 Å². The monoisotopic (exact) mass is 229 g/mol. The lowest BCUT2D eigenvalue weighted by Crippen LogP contribution is -1.99. The Morgan fingerprint density at radius 2 is 1.86 bits per heavy atom. The molecule has 0 bridgehead atoms. The van der Waals surface area contributed by atoms with Gasteiger partial charge < -0.3 is 0 Å². The van der Waals surface area contributed by atoms with Crippen LogP contribution in [0.4, 0.5) is 5.69 Å². The van der Waals surface area contributed by atoms with Gasteiger partial charge in [-0.25, -0.2) is 4.21 Å². The molecule has 1 fully saturated rings. The number of benzene rings is 1. The van der Waals surface area contributed by atoms with Gasteiger partial charge in [0.1, 0.15) is 0 Å². The fraction of sp³-hybridized carbons (Fsp3) is 0.400. The van der Waals surface area contributed by atoms with Gasteiger partial charge in [-0.3, -0.25) is 0 Å². The predicted molar refractivity (Wildman–Crippen MR) is 60.7 cm³/mol. The lowest BCUT2D eigenvalue weighted by atomic mass is 10.3. The zero-order valence-corrected chi connectivity index (χ0v) is 9.35. The number of hydrogen-bond donors (Lipinski definition) is 0. The molecule has 2 nitrogen and oxygen atoms in total. The highest BCUT2D eigenvalue weighted by Gasteiger charge is 2.16. The summed E-state index contributed by atoms with van der Waals surface area (Å²) in [5.74, 6) is 1.44. The van der Waals surface area contributed by atoms with E-state index in [-0.39, 0.29) is 0 Å². The first-order valence-corrected chi connectivity index (χ1v) is 6.90. The normalized spacial score (nSPS) is 19.5. The van der Waals surface area contributed by atoms with Crippen LogP contribution in [-0.4, -0.2) is 15.7 Å². The van der Waals surface area contributed by atoms with Gasteiger partial charge in [0.25, 0.3) is 0 Å². The van der Waals surface area contributed by atoms with Gasteiger partial charge in [0, 0.05) is 11.5 Å². The lowest BCUT2D eigenvalue weighted by Gasteiger charge is -2.01. The van der Waals surface area contributed by atoms with Crippen molar-refractivity contribution in [2.24, 2.45) is 4.36 Å². The van der Waals surface area contributed by atoms with Gasteiger partial charge in [-0.05, 0) is 25.0 Å². The minimum atomic E-state index is -1.99. The molecule has 76 valence electrons. The van der Waals surface area contributed by atoms with Gasteiger partial charge in [-0.2, -0.15) is 4.36 Å². The molecule has 0 N–H and O–H groups in total. The zero-order chi connectivity index (χ0) is 10.0. The molecule has 1 saturated heterocycles. The van der Waals surface area contributed by atoms with Crippen LogP contribution in [0.5, 0.6) is 0 Å². The zero-order valence-electron chi connectivity index (χ0n) is 7.78. The highest BCUT2D eigenvalue weighted by Crippen LogP contribution is 2.27. The molecule has 1 aliphatic rings. The first-order chi connectivity index (χ1) is 6.70. The third-order valence-corrected chi connectivity index (χ3v) is 5.00. The summed E-state index contributed by atoms with van der Waals surface area (Å²) in [7, 11) is -1.99. The van der Waals surface area contributed by atoms with Gasteiger partial charge in [0.2, 0.25) is 0 Å². The van der Waals surface area contributed by atoms with Gasteiger partial charge in [0.15, 0.2) is 0 Å². The molecule has 0 aliphatic carbocycles. The minimum Gasteiger partial charge on any atom is -0.249 e. The molecule has 0 atom stereocenters. The van der Waals surface area contributed by atoms with E-state index in [1.54, 1.807) is 6.07 Å². The quantitative estimate of drug-likeness (QED) is 0.727. The van der Waals surface area contributed by atoms with Gasteiger partial charge in [-0.15, -0.1) is 0 Å². The Morgan fingerprint density at radius 3 is 2.50 bits per heavy atom. The van der Waals surface area contributed by atoms with E-state index < -0.39 is 9.73 Å². The molecule has 1 aromatic rings. The van der Waals surface area contributed by atoms with Crippen LogP contribution in [0.2, 0.25) is 5.02 Å². The Balaban J connectivity index is 2.43. The number of rotatable bonds is 1. The van der Waals surface area contributed by atoms with Crippen molar-refractivity contribution < 1.29 is 4.21 Å². The van der Waals surface area contributed by atoms with Crippen LogP contribution in [0.25, 0.3) is 0 Å². The molecule has 0 saturated carbocycles. The number of nitrogens with zero attached hydrogens (tertiary/aromatic N) is 1. The molecular formula is C10H12ClNOS. The van der Waals surface area contributed by atoms with Crippen molar-refractivity contribution in [2.75, 3.05) is 11.5 Å². The van der Waals surface area contributed by atoms with Crippen molar-refractivity contribution in [3.05, 3.63) is 29.3 Å². The van der Waals surface area contributed by atoms with E-state index in [1.165, 1.54) is 0 Å². The third kappa shape index (κ3) is 2.10. The molecular weight excluding hydrogens is 218 g/mol. The maximum atomic E-state index is 12.1. The summed E-state index contributed by atoms with van der Waals surface area (Å²) in [6, 6.07) is 7.30. The highest BCUT2D eigenvalue weighted by molar-refractivity contribution is 7.93. The van der Waals surface area contributed by atoms with Crippen LogP contribution in [0.15, 0.2) is 28.6 Å². The number of hydrogen-bond acceptors (Lipinski definition) is 2. The van der Waals surface area contributed by atoms with Crippen LogP contribution in [0, 0.1) is 0 Å². The minimum absolute atomic E-state index is 0.585. The molecule has 1 aromatic carbocycles. The summed E-state index contributed by atoms with van der Waals surface area (Å²) in [5, 5.41) is 0.585. The summed E-state index contributed by atoms with van der Waals surface area (Å²) < 4.78 is 16.4. The maximum absolute atomic E-state index is 12.1. The topological polar surface area (TPSA) is 29.4 Å². The molecule has 0 spiro atoms. The first kappa shape index (κ1) is 9.99. The largest absolute Gasteiger partial charge is 0.249 e. The summed E-state index contributed by atoms with van der Waals surface area (Å²) in [5.41, 5.74) is 0.668. The van der Waals surface area contributed by atoms with Crippen LogP contribution >= 0.6 is 11.6 Å². The third-order valence-electron chi connectivity index (χ3n) is 2.29. The van der Waals surface area contributed by atoms with Crippen molar-refractivity contribution in [3.63, 3.8) is 0 Å². The Bertz CT molecular complexity index is 437. The standard InChI is InChI=1S/C10H12ClNOS/c11-9-5-1-2-6-10(9)12-14(13)7-3-4-8-14/h1-2,5-6H,3-4,7-8H2. The van der Waals surface area contributed by atoms with E-state index in [1.807, 2.05) is 18.2 Å². The van der Waals surface area contributed by atoms with Gasteiger partial charge in [-0.1, -0.05) is 23.7 Å². The fourth-order valence-corrected chi connectivity index (χ4v) is 4.00. The van der Waals surface area contributed by atoms with Gasteiger partial charge in [0.05, 0.1) is 20.4 Å². The molecule has 0 unspecified atom stereocenters. The molecule has 0 aromatic heterocycles. The molecule has 14 heavy (non-hydrogen) atoms. The van der Waals surface area contributed by atoms with Crippen molar-refractivity contribution >= 4 is 27.0 Å². The Kier molecular flexibility index (Phi) is 2.79. The average Bonchev–Trinajstić information content (AvgIpc) is 2.57. The summed E-state index contributed by atoms with van der Waals surface area (Å²) in [4.78, 5) is 0. The predicted octanol–water partition coefficient (Wildman–Crippen LogP) is 3.23. The van der Waals surface area contributed by atoms with E-state index >= 15 is 0 Å². The van der Waals surface area contributed by atoms with E-state index in [4.69, 9.17) is 11.6 Å². The summed E-state index contributed by atoms with van der Waals surface area (Å²) in [6.07, 6.45) is 2.04. The van der Waals surface area contributed by atoms with Crippen molar-refractivity contribution in [1.82, 2.24) is 0 Å². The van der Waals surface area contributed by atoms with E-state index in [9.17, 15) is 4.21 Å². The SMILES string of the molecule is O=S1(=Nc2ccccc2Cl)CCCC1. The smallest absolute Gasteiger partial charge is 0.0916 e. The maximum Gasteiger partial charge on any atom is 0.0916 e. The Morgan fingerprint density at radius 1 is 1.21 bits per heavy atom. The van der Waals surface area contributed by atoms with Crippen molar-refractivity contribution in [2.45, 2.75) is 12.8 Å². The number of halogens is 1. The van der Waals surface area contributed by atoms with Gasteiger partial charge >= 0.3 is 0 Å². The van der Waals surface area contributed by atoms with E-state index in [0.717, 1.165) is 24.3 Å². The van der Waals surface area contributed by atoms with Crippen LogP contribution in [0.1, 0.15) is 12.8 Å². The Labute approximate surface area is 89.5 Å². The van der Waals surface area contributed by atoms with E-state index in [0.29, 0.717) is 10.7 Å². The molecule has 1 heterocycles. The van der Waals surface area contributed by atoms with Crippen molar-refractivity contribution in [3.8, 4) is 0 Å². The average molecular weight is 230 g/mol. The second-order valence-electron chi connectivity index (χ2n) is 3.43. The Hall–Kier alpha value is -0.540. The van der Waals surface area contributed by atoms with Crippen LogP contribution in [-0.2, 0) is 9.73 Å². The molecule has 0 amide bonds. The second kappa shape index (κ2) is 3.91. The molecule has 0 radical (unpaired) electrons. The lowest BCUT2D eigenvalue weighted by molar-refractivity contribution is 0.681. The van der Waals surface area contributed by atoms with Crippen LogP contribution in [0.3, 0.4) is 0 Å². The fourth-order valence-electron chi connectivity index (χ4n) is 1.55.